The number of fused-ring (bicyclic) bond motifs is 2. The summed E-state index contributed by atoms with van der Waals surface area (Å²) in [5.41, 5.74) is 0. The summed E-state index contributed by atoms with van der Waals surface area (Å²) >= 11 is 0. The van der Waals surface area contributed by atoms with E-state index in [1.807, 2.05) is 0 Å². The molecule has 0 aliphatic carbocycles. The van der Waals surface area contributed by atoms with Crippen LogP contribution in [0.3, 0.4) is 0 Å². The Bertz CT molecular complexity index is 173. The number of hydrogen-bond donors (Lipinski definition) is 0. The van der Waals surface area contributed by atoms with Crippen molar-refractivity contribution in [1.29, 1.82) is 0 Å². The molecule has 66 valence electrons. The second-order valence-corrected chi connectivity index (χ2v) is 3.98. The van der Waals surface area contributed by atoms with Crippen molar-refractivity contribution in [1.82, 2.24) is 4.90 Å². The summed E-state index contributed by atoms with van der Waals surface area (Å²) in [5, 5.41) is 0. The average molecular weight is 164 g/mol. The van der Waals surface area contributed by atoms with Gasteiger partial charge >= 0.3 is 0 Å². The van der Waals surface area contributed by atoms with Crippen LogP contribution in [0.5, 0.6) is 0 Å². The average Bonchev–Trinajstić information content (AvgIpc) is 2.04. The van der Waals surface area contributed by atoms with Crippen molar-refractivity contribution in [3.05, 3.63) is 11.4 Å². The Balaban J connectivity index is 2.04. The molecule has 0 N–H and O–H groups in total. The van der Waals surface area contributed by atoms with E-state index in [2.05, 4.69) is 9.74 Å². The van der Waals surface area contributed by atoms with E-state index in [9.17, 15) is 0 Å². The van der Waals surface area contributed by atoms with Gasteiger partial charge in [0.2, 0.25) is 0 Å². The van der Waals surface area contributed by atoms with Crippen LogP contribution in [-0.2, 0) is 0 Å². The van der Waals surface area contributed by atoms with E-state index in [1.54, 1.807) is 0 Å². The van der Waals surface area contributed by atoms with E-state index in [1.165, 1.54) is 38.5 Å². The topological polar surface area (TPSA) is 7.60 Å². The molecular formula is C10H16N2. The highest BCUT2D eigenvalue weighted by atomic mass is 15.2. The second-order valence-electron chi connectivity index (χ2n) is 3.98. The zero-order valence-corrected chi connectivity index (χ0v) is 7.50. The minimum Gasteiger partial charge on any atom is -0.299 e. The Morgan fingerprint density at radius 3 is 2.00 bits per heavy atom. The molecule has 2 aliphatic heterocycles. The van der Waals surface area contributed by atoms with Crippen LogP contribution in [0.2, 0.25) is 0 Å². The third-order valence-corrected chi connectivity index (χ3v) is 3.32. The Morgan fingerprint density at radius 2 is 1.58 bits per heavy atom. The van der Waals surface area contributed by atoms with Gasteiger partial charge in [-0.25, -0.2) is 11.5 Å². The number of rotatable bonds is 1. The van der Waals surface area contributed by atoms with Gasteiger partial charge in [0.15, 0.2) is 0 Å². The summed E-state index contributed by atoms with van der Waals surface area (Å²) in [4.78, 5) is 5.96. The van der Waals surface area contributed by atoms with Gasteiger partial charge in [0.05, 0.1) is 0 Å². The molecule has 2 aliphatic rings. The van der Waals surface area contributed by atoms with Crippen molar-refractivity contribution < 1.29 is 0 Å². The molecule has 0 aromatic heterocycles. The van der Waals surface area contributed by atoms with Crippen molar-refractivity contribution in [3.8, 4) is 0 Å². The number of nitrogens with zero attached hydrogens (tertiary/aromatic N) is 2. The van der Waals surface area contributed by atoms with Crippen LogP contribution in [0.1, 0.15) is 38.5 Å². The predicted octanol–water partition coefficient (Wildman–Crippen LogP) is 2.27. The molecule has 0 atom stereocenters. The van der Waals surface area contributed by atoms with Gasteiger partial charge in [-0.2, -0.15) is 0 Å². The van der Waals surface area contributed by atoms with E-state index in [4.69, 9.17) is 6.57 Å². The van der Waals surface area contributed by atoms with Crippen molar-refractivity contribution in [2.24, 2.45) is 0 Å². The number of hydrogen-bond acceptors (Lipinski definition) is 1. The van der Waals surface area contributed by atoms with Gasteiger partial charge in [0.1, 0.15) is 0 Å². The Labute approximate surface area is 74.4 Å². The van der Waals surface area contributed by atoms with Crippen LogP contribution in [0, 0.1) is 6.57 Å². The normalized spacial score (nSPS) is 35.9. The zero-order valence-electron chi connectivity index (χ0n) is 7.50. The van der Waals surface area contributed by atoms with Crippen molar-refractivity contribution >= 4 is 0 Å². The lowest BCUT2D eigenvalue weighted by molar-refractivity contribution is 0.0516. The maximum atomic E-state index is 6.90. The molecule has 0 radical (unpaired) electrons. The van der Waals surface area contributed by atoms with Crippen LogP contribution >= 0.6 is 0 Å². The fourth-order valence-corrected chi connectivity index (χ4v) is 2.74. The summed E-state index contributed by atoms with van der Waals surface area (Å²) < 4.78 is 0. The predicted molar refractivity (Wildman–Crippen MR) is 48.6 cm³/mol. The van der Waals surface area contributed by atoms with Gasteiger partial charge in [-0.3, -0.25) is 4.85 Å². The first-order chi connectivity index (χ1) is 5.92. The van der Waals surface area contributed by atoms with Crippen molar-refractivity contribution in [2.45, 2.75) is 50.6 Å². The lowest BCUT2D eigenvalue weighted by Crippen LogP contribution is -2.49. The molecule has 12 heavy (non-hydrogen) atoms. The minimum atomic E-state index is 0.648. The summed E-state index contributed by atoms with van der Waals surface area (Å²) in [6.07, 6.45) is 8.14. The summed E-state index contributed by atoms with van der Waals surface area (Å²) in [6.45, 7) is 7.55. The maximum Gasteiger partial charge on any atom is 0.271 e. The molecule has 2 fully saturated rings. The van der Waals surface area contributed by atoms with Gasteiger partial charge in [-0.1, -0.05) is 12.8 Å². The maximum absolute atomic E-state index is 6.90. The van der Waals surface area contributed by atoms with Crippen molar-refractivity contribution in [3.63, 3.8) is 0 Å². The highest BCUT2D eigenvalue weighted by molar-refractivity contribution is 4.89. The first-order valence-corrected chi connectivity index (χ1v) is 5.01. The Kier molecular flexibility index (Phi) is 2.32. The highest BCUT2D eigenvalue weighted by Gasteiger charge is 2.34. The molecule has 2 bridgehead atoms. The molecule has 0 aromatic carbocycles. The number of piperidine rings is 2. The molecule has 2 saturated heterocycles. The molecule has 0 aromatic rings. The molecule has 0 saturated carbocycles. The quantitative estimate of drug-likeness (QED) is 0.539. The van der Waals surface area contributed by atoms with Crippen LogP contribution in [0.25, 0.3) is 4.85 Å². The lowest BCUT2D eigenvalue weighted by atomic mass is 9.85. The van der Waals surface area contributed by atoms with Crippen molar-refractivity contribution in [2.75, 3.05) is 6.67 Å². The Morgan fingerprint density at radius 1 is 1.08 bits per heavy atom. The van der Waals surface area contributed by atoms with E-state index < -0.39 is 0 Å². The van der Waals surface area contributed by atoms with Gasteiger partial charge in [0, 0.05) is 12.1 Å². The van der Waals surface area contributed by atoms with Gasteiger partial charge in [0.25, 0.3) is 6.67 Å². The Hall–Kier alpha value is -0.550. The fourth-order valence-electron chi connectivity index (χ4n) is 2.74. The highest BCUT2D eigenvalue weighted by Crippen LogP contribution is 2.33. The monoisotopic (exact) mass is 164 g/mol. The summed E-state index contributed by atoms with van der Waals surface area (Å²) in [7, 11) is 0. The zero-order chi connectivity index (χ0) is 8.39. The lowest BCUT2D eigenvalue weighted by Gasteiger charge is -2.42. The molecule has 0 spiro atoms. The second kappa shape index (κ2) is 3.45. The van der Waals surface area contributed by atoms with Crippen LogP contribution in [0.4, 0.5) is 0 Å². The van der Waals surface area contributed by atoms with Gasteiger partial charge < -0.3 is 0 Å². The smallest absolute Gasteiger partial charge is 0.271 e. The molecule has 2 heteroatoms. The van der Waals surface area contributed by atoms with Crippen LogP contribution < -0.4 is 0 Å². The van der Waals surface area contributed by atoms with Crippen LogP contribution in [-0.4, -0.2) is 23.7 Å². The first-order valence-electron chi connectivity index (χ1n) is 5.01. The van der Waals surface area contributed by atoms with Gasteiger partial charge in [-0.05, 0) is 25.7 Å². The minimum absolute atomic E-state index is 0.648. The largest absolute Gasteiger partial charge is 0.299 e. The fraction of sp³-hybridized carbons (Fsp3) is 0.900. The molecule has 0 unspecified atom stereocenters. The van der Waals surface area contributed by atoms with Gasteiger partial charge in [-0.15, -0.1) is 0 Å². The van der Waals surface area contributed by atoms with E-state index in [0.29, 0.717) is 6.67 Å². The summed E-state index contributed by atoms with van der Waals surface area (Å²) in [5.74, 6) is 0. The SMILES string of the molecule is [C-]#[N+]CN1C2CCCC1CCC2. The van der Waals surface area contributed by atoms with E-state index in [0.717, 1.165) is 12.1 Å². The first kappa shape index (κ1) is 8.07. The third kappa shape index (κ3) is 1.34. The molecule has 2 rings (SSSR count). The third-order valence-electron chi connectivity index (χ3n) is 3.32. The van der Waals surface area contributed by atoms with E-state index in [-0.39, 0.29) is 0 Å². The molecule has 2 nitrogen and oxygen atoms in total. The molecule has 0 amide bonds. The molecule has 2 heterocycles. The summed E-state index contributed by atoms with van der Waals surface area (Å²) in [6, 6.07) is 1.51. The van der Waals surface area contributed by atoms with E-state index >= 15 is 0 Å². The van der Waals surface area contributed by atoms with Crippen LogP contribution in [0.15, 0.2) is 0 Å². The molecular weight excluding hydrogens is 148 g/mol. The standard InChI is InChI=1S/C10H16N2/c1-11-8-12-9-4-2-5-10(12)7-3-6-9/h9-10H,2-8H2.